The molecular formula is C30H35N5O3. The molecule has 2 aromatic heterocycles. The summed E-state index contributed by atoms with van der Waals surface area (Å²) in [6, 6.07) is 15.0. The molecule has 4 aromatic rings. The van der Waals surface area contributed by atoms with Crippen LogP contribution in [0.2, 0.25) is 0 Å². The summed E-state index contributed by atoms with van der Waals surface area (Å²) in [7, 11) is 6.82. The number of rotatable bonds is 9. The summed E-state index contributed by atoms with van der Waals surface area (Å²) < 4.78 is 5.57. The second-order valence-corrected chi connectivity index (χ2v) is 9.94. The molecule has 0 radical (unpaired) electrons. The molecule has 0 spiro atoms. The lowest BCUT2D eigenvalue weighted by molar-refractivity contribution is -0.118. The van der Waals surface area contributed by atoms with Gasteiger partial charge in [-0.05, 0) is 49.2 Å². The molecule has 3 N–H and O–H groups in total. The maximum absolute atomic E-state index is 13.2. The highest BCUT2D eigenvalue weighted by Crippen LogP contribution is 2.36. The number of benzene rings is 2. The number of aromatic nitrogens is 2. The third-order valence-corrected chi connectivity index (χ3v) is 6.55. The molecule has 0 fully saturated rings. The Morgan fingerprint density at radius 3 is 2.50 bits per heavy atom. The van der Waals surface area contributed by atoms with E-state index in [1.54, 1.807) is 40.5 Å². The van der Waals surface area contributed by atoms with Crippen LogP contribution in [0.1, 0.15) is 30.6 Å². The van der Waals surface area contributed by atoms with E-state index in [0.717, 1.165) is 39.0 Å². The number of aromatic amines is 1. The number of nitrogens with zero attached hydrogens (tertiary/aromatic N) is 2. The Bertz CT molecular complexity index is 1460. The van der Waals surface area contributed by atoms with Crippen LogP contribution in [0, 0.1) is 5.92 Å². The van der Waals surface area contributed by atoms with Crippen molar-refractivity contribution in [2.75, 3.05) is 33.6 Å². The van der Waals surface area contributed by atoms with Crippen molar-refractivity contribution in [3.63, 3.8) is 0 Å². The smallest absolute Gasteiger partial charge is 0.255 e. The van der Waals surface area contributed by atoms with Gasteiger partial charge in [0.15, 0.2) is 0 Å². The van der Waals surface area contributed by atoms with Gasteiger partial charge in [0.2, 0.25) is 5.91 Å². The van der Waals surface area contributed by atoms with E-state index in [1.807, 2.05) is 42.6 Å². The third kappa shape index (κ3) is 5.55. The Kier molecular flexibility index (Phi) is 8.12. The monoisotopic (exact) mass is 513 g/mol. The number of ether oxygens (including phenoxy) is 1. The van der Waals surface area contributed by atoms with E-state index in [2.05, 4.69) is 40.5 Å². The molecule has 0 bridgehead atoms. The first-order chi connectivity index (χ1) is 18.2. The number of para-hydroxylation sites is 1. The molecule has 0 aliphatic carbocycles. The van der Waals surface area contributed by atoms with E-state index in [1.165, 1.54) is 4.90 Å². The third-order valence-electron chi connectivity index (χ3n) is 6.55. The molecule has 38 heavy (non-hydrogen) atoms. The molecule has 8 nitrogen and oxygen atoms in total. The van der Waals surface area contributed by atoms with Crippen LogP contribution >= 0.6 is 0 Å². The van der Waals surface area contributed by atoms with E-state index < -0.39 is 0 Å². The van der Waals surface area contributed by atoms with Gasteiger partial charge in [0.05, 0.1) is 24.4 Å². The number of carbonyl (C=O) groups is 2. The van der Waals surface area contributed by atoms with Gasteiger partial charge in [-0.2, -0.15) is 0 Å². The highest BCUT2D eigenvalue weighted by molar-refractivity contribution is 6.06. The first-order valence-corrected chi connectivity index (χ1v) is 12.7. The number of methoxy groups -OCH3 is 1. The van der Waals surface area contributed by atoms with Gasteiger partial charge in [0, 0.05) is 48.6 Å². The van der Waals surface area contributed by atoms with Crippen LogP contribution in [0.15, 0.2) is 60.9 Å². The fraction of sp³-hybridized carbons (Fsp3) is 0.300. The van der Waals surface area contributed by atoms with Crippen molar-refractivity contribution < 1.29 is 14.3 Å². The van der Waals surface area contributed by atoms with Crippen LogP contribution < -0.4 is 15.4 Å². The van der Waals surface area contributed by atoms with Gasteiger partial charge in [-0.3, -0.25) is 9.59 Å². The SMILES string of the molecule is CN[C@H](CC(C)C)C(=O)Nc1ccc(-c2cnc3[nH]cc(-c4ccccc4OC)c3c2)cc1C(=O)N(C)C. The minimum atomic E-state index is -0.356. The molecule has 0 saturated carbocycles. The van der Waals surface area contributed by atoms with Crippen molar-refractivity contribution in [1.29, 1.82) is 0 Å². The summed E-state index contributed by atoms with van der Waals surface area (Å²) in [5.41, 5.74) is 5.26. The van der Waals surface area contributed by atoms with Crippen LogP contribution in [0.25, 0.3) is 33.3 Å². The van der Waals surface area contributed by atoms with Crippen LogP contribution in [0.4, 0.5) is 5.69 Å². The molecule has 0 unspecified atom stereocenters. The van der Waals surface area contributed by atoms with Crippen molar-refractivity contribution >= 4 is 28.5 Å². The summed E-state index contributed by atoms with van der Waals surface area (Å²) in [5.74, 6) is 0.756. The highest BCUT2D eigenvalue weighted by Gasteiger charge is 2.22. The van der Waals surface area contributed by atoms with Gasteiger partial charge in [0.1, 0.15) is 11.4 Å². The summed E-state index contributed by atoms with van der Waals surface area (Å²) in [6.07, 6.45) is 4.39. The number of hydrogen-bond acceptors (Lipinski definition) is 5. The number of anilines is 1. The van der Waals surface area contributed by atoms with E-state index in [9.17, 15) is 9.59 Å². The second-order valence-electron chi connectivity index (χ2n) is 9.94. The maximum Gasteiger partial charge on any atom is 0.255 e. The zero-order chi connectivity index (χ0) is 27.4. The number of hydrogen-bond donors (Lipinski definition) is 3. The zero-order valence-corrected chi connectivity index (χ0v) is 22.8. The lowest BCUT2D eigenvalue weighted by Gasteiger charge is -2.20. The molecule has 4 rings (SSSR count). The van der Waals surface area contributed by atoms with Crippen LogP contribution in [-0.2, 0) is 4.79 Å². The van der Waals surface area contributed by atoms with Crippen molar-refractivity contribution in [3.05, 3.63) is 66.5 Å². The second kappa shape index (κ2) is 11.5. The van der Waals surface area contributed by atoms with E-state index in [0.29, 0.717) is 23.6 Å². The lowest BCUT2D eigenvalue weighted by Crippen LogP contribution is -2.39. The zero-order valence-electron chi connectivity index (χ0n) is 22.8. The first kappa shape index (κ1) is 26.9. The number of pyridine rings is 1. The number of carbonyl (C=O) groups excluding carboxylic acids is 2. The van der Waals surface area contributed by atoms with E-state index in [-0.39, 0.29) is 17.9 Å². The number of H-pyrrole nitrogens is 1. The number of fused-ring (bicyclic) bond motifs is 1. The molecule has 0 aliphatic heterocycles. The Morgan fingerprint density at radius 2 is 1.82 bits per heavy atom. The Hall–Kier alpha value is -4.17. The molecule has 1 atom stereocenters. The van der Waals surface area contributed by atoms with Crippen molar-refractivity contribution in [2.45, 2.75) is 26.3 Å². The molecule has 2 aromatic carbocycles. The molecule has 198 valence electrons. The molecule has 0 saturated heterocycles. The quantitative estimate of drug-likeness (QED) is 0.286. The molecule has 2 amide bonds. The summed E-state index contributed by atoms with van der Waals surface area (Å²) in [4.78, 5) is 35.5. The predicted molar refractivity (Wildman–Crippen MR) is 152 cm³/mol. The predicted octanol–water partition coefficient (Wildman–Crippen LogP) is 5.18. The summed E-state index contributed by atoms with van der Waals surface area (Å²) in [5, 5.41) is 6.98. The Labute approximate surface area is 223 Å². The average Bonchev–Trinajstić information content (AvgIpc) is 3.34. The molecular weight excluding hydrogens is 478 g/mol. The Morgan fingerprint density at radius 1 is 1.05 bits per heavy atom. The van der Waals surface area contributed by atoms with Crippen molar-refractivity contribution in [3.8, 4) is 28.0 Å². The summed E-state index contributed by atoms with van der Waals surface area (Å²) in [6.45, 7) is 4.14. The molecule has 8 heteroatoms. The first-order valence-electron chi connectivity index (χ1n) is 12.7. The van der Waals surface area contributed by atoms with Gasteiger partial charge in [-0.15, -0.1) is 0 Å². The van der Waals surface area contributed by atoms with Gasteiger partial charge >= 0.3 is 0 Å². The topological polar surface area (TPSA) is 99.4 Å². The standard InChI is InChI=1S/C30H35N5O3/c1-18(2)13-26(31-3)29(36)34-25-12-11-19(14-23(25)30(37)35(4)5)20-15-22-24(17-33-28(22)32-16-20)21-9-7-8-10-27(21)38-6/h7-12,14-18,26,31H,13H2,1-6H3,(H,32,33)(H,34,36)/t26-/m1/s1. The van der Waals surface area contributed by atoms with Crippen molar-refractivity contribution in [1.82, 2.24) is 20.2 Å². The fourth-order valence-electron chi connectivity index (χ4n) is 4.55. The minimum Gasteiger partial charge on any atom is -0.496 e. The molecule has 0 aliphatic rings. The number of nitrogens with one attached hydrogen (secondary N) is 3. The average molecular weight is 514 g/mol. The number of likely N-dealkylation sites (N-methyl/N-ethyl adjacent to an activating group) is 1. The van der Waals surface area contributed by atoms with Crippen molar-refractivity contribution in [2.24, 2.45) is 5.92 Å². The summed E-state index contributed by atoms with van der Waals surface area (Å²) >= 11 is 0. The van der Waals surface area contributed by atoms with Gasteiger partial charge in [-0.25, -0.2) is 4.98 Å². The Balaban J connectivity index is 1.75. The molecule has 2 heterocycles. The van der Waals surface area contributed by atoms with Crippen LogP contribution in [-0.4, -0.2) is 61.0 Å². The highest BCUT2D eigenvalue weighted by atomic mass is 16.5. The lowest BCUT2D eigenvalue weighted by atomic mass is 9.99. The fourth-order valence-corrected chi connectivity index (χ4v) is 4.55. The number of amides is 2. The van der Waals surface area contributed by atoms with Crippen LogP contribution in [0.5, 0.6) is 5.75 Å². The van der Waals surface area contributed by atoms with Crippen LogP contribution in [0.3, 0.4) is 0 Å². The van der Waals surface area contributed by atoms with E-state index >= 15 is 0 Å². The van der Waals surface area contributed by atoms with Gasteiger partial charge in [-0.1, -0.05) is 38.1 Å². The normalized spacial score (nSPS) is 12.0. The van der Waals surface area contributed by atoms with E-state index in [4.69, 9.17) is 4.74 Å². The van der Waals surface area contributed by atoms with Gasteiger partial charge < -0.3 is 25.3 Å². The maximum atomic E-state index is 13.2. The largest absolute Gasteiger partial charge is 0.496 e. The minimum absolute atomic E-state index is 0.168. The van der Waals surface area contributed by atoms with Gasteiger partial charge in [0.25, 0.3) is 5.91 Å².